The molecule has 4 nitrogen and oxygen atoms in total. The number of allylic oxidation sites excluding steroid dienone is 1. The molecular weight excluding hydrogens is 292 g/mol. The molecule has 0 aromatic rings. The summed E-state index contributed by atoms with van der Waals surface area (Å²) in [5.74, 6) is 0.113. The highest BCUT2D eigenvalue weighted by molar-refractivity contribution is 5.90. The lowest BCUT2D eigenvalue weighted by atomic mass is 9.54. The normalized spacial score (nSPS) is 37.1. The third-order valence-corrected chi connectivity index (χ3v) is 6.41. The highest BCUT2D eigenvalue weighted by Gasteiger charge is 2.51. The van der Waals surface area contributed by atoms with Gasteiger partial charge in [-0.15, -0.1) is 0 Å². The smallest absolute Gasteiger partial charge is 0.334 e. The van der Waals surface area contributed by atoms with Gasteiger partial charge in [0, 0.05) is 5.57 Å². The van der Waals surface area contributed by atoms with E-state index in [-0.39, 0.29) is 11.9 Å². The van der Waals surface area contributed by atoms with Crippen LogP contribution in [0.15, 0.2) is 23.8 Å². The molecule has 1 aliphatic heterocycles. The number of carbonyl (C=O) groups excluding carboxylic acids is 1. The lowest BCUT2D eigenvalue weighted by Crippen LogP contribution is -2.47. The van der Waals surface area contributed by atoms with E-state index >= 15 is 0 Å². The van der Waals surface area contributed by atoms with Crippen LogP contribution in [-0.4, -0.2) is 23.7 Å². The quantitative estimate of drug-likeness (QED) is 0.634. The maximum atomic E-state index is 11.8. The maximum absolute atomic E-state index is 11.8. The Morgan fingerprint density at radius 2 is 2.26 bits per heavy atom. The minimum Gasteiger partial charge on any atom is -0.481 e. The van der Waals surface area contributed by atoms with Gasteiger partial charge < -0.3 is 9.84 Å². The average Bonchev–Trinajstić information content (AvgIpc) is 2.91. The molecule has 0 radical (unpaired) electrons. The fourth-order valence-corrected chi connectivity index (χ4v) is 5.00. The summed E-state index contributed by atoms with van der Waals surface area (Å²) in [6, 6.07) is 0. The van der Waals surface area contributed by atoms with Gasteiger partial charge in [0.05, 0.1) is 5.41 Å². The number of carboxylic acid groups (broad SMARTS) is 1. The third-order valence-electron chi connectivity index (χ3n) is 6.41. The Labute approximate surface area is 137 Å². The first kappa shape index (κ1) is 16.3. The summed E-state index contributed by atoms with van der Waals surface area (Å²) in [7, 11) is 0. The molecule has 0 saturated heterocycles. The first-order valence-corrected chi connectivity index (χ1v) is 8.70. The standard InChI is InChI=1S/C19H26O4/c1-12-5-8-16-15(4-3-10-19(16,2)18(21)22)14(12)7-6-13-9-11-23-17(13)20/h9,14-16H,1,3-8,10-11H2,2H3,(H,21,22)/t14-,15?,16?,19-/m0/s1. The molecule has 0 aromatic carbocycles. The monoisotopic (exact) mass is 318 g/mol. The zero-order valence-corrected chi connectivity index (χ0v) is 13.8. The van der Waals surface area contributed by atoms with Crippen molar-refractivity contribution in [3.63, 3.8) is 0 Å². The largest absolute Gasteiger partial charge is 0.481 e. The Morgan fingerprint density at radius 3 is 2.91 bits per heavy atom. The van der Waals surface area contributed by atoms with Crippen molar-refractivity contribution in [2.75, 3.05) is 6.61 Å². The van der Waals surface area contributed by atoms with E-state index in [2.05, 4.69) is 6.58 Å². The molecule has 2 fully saturated rings. The molecule has 0 bridgehead atoms. The van der Waals surface area contributed by atoms with Gasteiger partial charge in [0.1, 0.15) is 6.61 Å². The second-order valence-electron chi connectivity index (χ2n) is 7.56. The third kappa shape index (κ3) is 2.84. The second kappa shape index (κ2) is 6.14. The van der Waals surface area contributed by atoms with E-state index in [4.69, 9.17) is 4.74 Å². The van der Waals surface area contributed by atoms with Crippen LogP contribution < -0.4 is 0 Å². The highest BCUT2D eigenvalue weighted by Crippen LogP contribution is 2.55. The Hall–Kier alpha value is -1.58. The molecule has 4 heteroatoms. The second-order valence-corrected chi connectivity index (χ2v) is 7.56. The molecule has 3 rings (SSSR count). The van der Waals surface area contributed by atoms with Gasteiger partial charge in [-0.05, 0) is 69.3 Å². The Morgan fingerprint density at radius 1 is 1.48 bits per heavy atom. The van der Waals surface area contributed by atoms with Gasteiger partial charge in [0.2, 0.25) is 0 Å². The predicted molar refractivity (Wildman–Crippen MR) is 86.7 cm³/mol. The number of fused-ring (bicyclic) bond motifs is 1. The summed E-state index contributed by atoms with van der Waals surface area (Å²) in [6.45, 7) is 6.58. The lowest BCUT2D eigenvalue weighted by molar-refractivity contribution is -0.157. The van der Waals surface area contributed by atoms with Crippen LogP contribution in [0.1, 0.15) is 51.9 Å². The number of carbonyl (C=O) groups is 2. The Balaban J connectivity index is 1.75. The van der Waals surface area contributed by atoms with Gasteiger partial charge in [-0.3, -0.25) is 4.79 Å². The number of aliphatic carboxylic acids is 1. The van der Waals surface area contributed by atoms with Crippen LogP contribution in [0.2, 0.25) is 0 Å². The molecule has 1 N–H and O–H groups in total. The highest BCUT2D eigenvalue weighted by atomic mass is 16.5. The van der Waals surface area contributed by atoms with E-state index < -0.39 is 11.4 Å². The summed E-state index contributed by atoms with van der Waals surface area (Å²) in [6.07, 6.45) is 8.16. The van der Waals surface area contributed by atoms with Crippen LogP contribution in [0.4, 0.5) is 0 Å². The van der Waals surface area contributed by atoms with Crippen LogP contribution in [0.25, 0.3) is 0 Å². The van der Waals surface area contributed by atoms with Crippen LogP contribution >= 0.6 is 0 Å². The van der Waals surface area contributed by atoms with E-state index in [1.165, 1.54) is 5.57 Å². The van der Waals surface area contributed by atoms with E-state index in [9.17, 15) is 14.7 Å². The summed E-state index contributed by atoms with van der Waals surface area (Å²) in [5.41, 5.74) is 1.41. The number of hydrogen-bond acceptors (Lipinski definition) is 3. The molecule has 23 heavy (non-hydrogen) atoms. The predicted octanol–water partition coefficient (Wildman–Crippen LogP) is 3.72. The molecule has 0 spiro atoms. The summed E-state index contributed by atoms with van der Waals surface area (Å²) in [4.78, 5) is 23.4. The van der Waals surface area contributed by atoms with Crippen molar-refractivity contribution in [1.29, 1.82) is 0 Å². The maximum Gasteiger partial charge on any atom is 0.334 e. The van der Waals surface area contributed by atoms with Crippen LogP contribution in [0.5, 0.6) is 0 Å². The summed E-state index contributed by atoms with van der Waals surface area (Å²) < 4.78 is 4.97. The van der Waals surface area contributed by atoms with Crippen molar-refractivity contribution in [3.05, 3.63) is 23.8 Å². The number of cyclic esters (lactones) is 1. The Bertz CT molecular complexity index is 562. The van der Waals surface area contributed by atoms with Crippen molar-refractivity contribution >= 4 is 11.9 Å². The first-order valence-electron chi connectivity index (χ1n) is 8.70. The van der Waals surface area contributed by atoms with Crippen molar-refractivity contribution in [2.45, 2.75) is 51.9 Å². The van der Waals surface area contributed by atoms with Crippen molar-refractivity contribution in [3.8, 4) is 0 Å². The molecule has 4 atom stereocenters. The fraction of sp³-hybridized carbons (Fsp3) is 0.684. The molecular formula is C19H26O4. The molecule has 126 valence electrons. The number of carboxylic acids is 1. The van der Waals surface area contributed by atoms with Gasteiger partial charge >= 0.3 is 11.9 Å². The van der Waals surface area contributed by atoms with Crippen LogP contribution in [0, 0.1) is 23.2 Å². The van der Waals surface area contributed by atoms with E-state index in [0.717, 1.165) is 50.5 Å². The van der Waals surface area contributed by atoms with Crippen LogP contribution in [0.3, 0.4) is 0 Å². The van der Waals surface area contributed by atoms with Gasteiger partial charge in [-0.25, -0.2) is 4.79 Å². The minimum atomic E-state index is -0.652. The number of ether oxygens (including phenoxy) is 1. The average molecular weight is 318 g/mol. The first-order chi connectivity index (χ1) is 10.9. The zero-order valence-electron chi connectivity index (χ0n) is 13.8. The van der Waals surface area contributed by atoms with Gasteiger partial charge in [-0.2, -0.15) is 0 Å². The van der Waals surface area contributed by atoms with Crippen molar-refractivity contribution < 1.29 is 19.4 Å². The summed E-state index contributed by atoms with van der Waals surface area (Å²) >= 11 is 0. The SMILES string of the molecule is C=C1CCC2C(CCC[C@]2(C)C(=O)O)[C@H]1CCC1=CCOC1=O. The topological polar surface area (TPSA) is 63.6 Å². The molecule has 2 saturated carbocycles. The van der Waals surface area contributed by atoms with E-state index in [0.29, 0.717) is 18.4 Å². The molecule has 0 amide bonds. The fourth-order valence-electron chi connectivity index (χ4n) is 5.00. The van der Waals surface area contributed by atoms with Gasteiger partial charge in [0.15, 0.2) is 0 Å². The minimum absolute atomic E-state index is 0.193. The molecule has 1 heterocycles. The van der Waals surface area contributed by atoms with E-state index in [1.807, 2.05) is 13.0 Å². The molecule has 2 unspecified atom stereocenters. The number of rotatable bonds is 4. The molecule has 0 aromatic heterocycles. The van der Waals surface area contributed by atoms with Gasteiger partial charge in [-0.1, -0.05) is 18.6 Å². The van der Waals surface area contributed by atoms with Crippen LogP contribution in [-0.2, 0) is 14.3 Å². The Kier molecular flexibility index (Phi) is 4.35. The van der Waals surface area contributed by atoms with Gasteiger partial charge in [0.25, 0.3) is 0 Å². The molecule has 3 aliphatic rings. The number of hydrogen-bond donors (Lipinski definition) is 1. The lowest BCUT2D eigenvalue weighted by Gasteiger charge is -2.50. The zero-order chi connectivity index (χ0) is 16.6. The van der Waals surface area contributed by atoms with E-state index in [1.54, 1.807) is 0 Å². The summed E-state index contributed by atoms with van der Waals surface area (Å²) in [5, 5.41) is 9.73. The van der Waals surface area contributed by atoms with Crippen molar-refractivity contribution in [2.24, 2.45) is 23.2 Å². The number of esters is 1. The molecule has 2 aliphatic carbocycles. The van der Waals surface area contributed by atoms with Crippen molar-refractivity contribution in [1.82, 2.24) is 0 Å².